The van der Waals surface area contributed by atoms with Gasteiger partial charge >= 0.3 is 0 Å². The number of hydrogen-bond acceptors (Lipinski definition) is 2. The summed E-state index contributed by atoms with van der Waals surface area (Å²) in [6, 6.07) is 6.54. The molecule has 0 aliphatic rings. The minimum atomic E-state index is 0.651. The summed E-state index contributed by atoms with van der Waals surface area (Å²) in [4.78, 5) is 4.20. The number of benzene rings is 1. The van der Waals surface area contributed by atoms with E-state index >= 15 is 0 Å². The quantitative estimate of drug-likeness (QED) is 0.873. The Labute approximate surface area is 102 Å². The molecule has 0 atom stereocenters. The van der Waals surface area contributed by atoms with Crippen LogP contribution in [0.1, 0.15) is 23.7 Å². The van der Waals surface area contributed by atoms with Crippen molar-refractivity contribution in [3.63, 3.8) is 0 Å². The van der Waals surface area contributed by atoms with Gasteiger partial charge in [-0.05, 0) is 43.1 Å². The summed E-state index contributed by atoms with van der Waals surface area (Å²) < 4.78 is 2.12. The van der Waals surface area contributed by atoms with Crippen LogP contribution in [-0.4, -0.2) is 16.1 Å². The molecule has 0 aliphatic heterocycles. The molecular weight excluding hydrogens is 210 g/mol. The Morgan fingerprint density at radius 1 is 1.35 bits per heavy atom. The molecule has 0 aliphatic carbocycles. The van der Waals surface area contributed by atoms with E-state index in [1.54, 1.807) is 0 Å². The van der Waals surface area contributed by atoms with E-state index in [1.165, 1.54) is 22.5 Å². The lowest BCUT2D eigenvalue weighted by Gasteiger charge is -2.10. The topological polar surface area (TPSA) is 43.8 Å². The predicted octanol–water partition coefficient (Wildman–Crippen LogP) is 2.24. The minimum Gasteiger partial charge on any atom is -0.330 e. The van der Waals surface area contributed by atoms with E-state index in [0.29, 0.717) is 6.54 Å². The summed E-state index contributed by atoms with van der Waals surface area (Å²) in [7, 11) is 0. The first-order chi connectivity index (χ1) is 8.26. The summed E-state index contributed by atoms with van der Waals surface area (Å²) in [5, 5.41) is 0. The van der Waals surface area contributed by atoms with Crippen LogP contribution in [0.15, 0.2) is 30.7 Å². The van der Waals surface area contributed by atoms with Crippen molar-refractivity contribution in [1.29, 1.82) is 0 Å². The van der Waals surface area contributed by atoms with Gasteiger partial charge in [0, 0.05) is 24.0 Å². The van der Waals surface area contributed by atoms with Crippen LogP contribution in [0, 0.1) is 6.92 Å². The van der Waals surface area contributed by atoms with Gasteiger partial charge in [0.2, 0.25) is 0 Å². The normalized spacial score (nSPS) is 10.8. The van der Waals surface area contributed by atoms with Crippen molar-refractivity contribution >= 4 is 0 Å². The average molecular weight is 229 g/mol. The van der Waals surface area contributed by atoms with Gasteiger partial charge in [-0.3, -0.25) is 0 Å². The largest absolute Gasteiger partial charge is 0.330 e. The zero-order chi connectivity index (χ0) is 12.3. The van der Waals surface area contributed by atoms with Crippen molar-refractivity contribution in [2.45, 2.75) is 26.7 Å². The van der Waals surface area contributed by atoms with Gasteiger partial charge in [0.1, 0.15) is 0 Å². The monoisotopic (exact) mass is 229 g/mol. The first-order valence-corrected chi connectivity index (χ1v) is 6.07. The molecule has 1 aromatic carbocycles. The molecular formula is C14H19N3. The van der Waals surface area contributed by atoms with Crippen LogP contribution in [0.3, 0.4) is 0 Å². The van der Waals surface area contributed by atoms with Crippen LogP contribution < -0.4 is 5.73 Å². The van der Waals surface area contributed by atoms with Crippen molar-refractivity contribution in [2.24, 2.45) is 5.73 Å². The van der Waals surface area contributed by atoms with Crippen LogP contribution >= 0.6 is 0 Å². The number of nitrogens with two attached hydrogens (primary N) is 1. The van der Waals surface area contributed by atoms with Crippen molar-refractivity contribution in [3.05, 3.63) is 47.5 Å². The van der Waals surface area contributed by atoms with Gasteiger partial charge in [-0.2, -0.15) is 0 Å². The van der Waals surface area contributed by atoms with Crippen molar-refractivity contribution in [2.75, 3.05) is 6.54 Å². The maximum Gasteiger partial charge on any atom is 0.0994 e. The van der Waals surface area contributed by atoms with Gasteiger partial charge in [-0.1, -0.05) is 13.0 Å². The zero-order valence-electron chi connectivity index (χ0n) is 10.5. The van der Waals surface area contributed by atoms with Crippen LogP contribution in [0.25, 0.3) is 5.69 Å². The smallest absolute Gasteiger partial charge is 0.0994 e. The minimum absolute atomic E-state index is 0.651. The van der Waals surface area contributed by atoms with Crippen molar-refractivity contribution in [1.82, 2.24) is 9.55 Å². The van der Waals surface area contributed by atoms with Crippen LogP contribution in [0.5, 0.6) is 0 Å². The van der Waals surface area contributed by atoms with Gasteiger partial charge in [-0.15, -0.1) is 0 Å². The molecule has 17 heavy (non-hydrogen) atoms. The molecule has 0 saturated heterocycles. The molecule has 0 unspecified atom stereocenters. The molecule has 0 fully saturated rings. The van der Waals surface area contributed by atoms with Gasteiger partial charge < -0.3 is 10.3 Å². The molecule has 2 N–H and O–H groups in total. The SMILES string of the molecule is CCc1cc(-n2cncc2CCN)ccc1C. The summed E-state index contributed by atoms with van der Waals surface area (Å²) in [6.07, 6.45) is 5.66. The van der Waals surface area contributed by atoms with E-state index < -0.39 is 0 Å². The highest BCUT2D eigenvalue weighted by Crippen LogP contribution is 2.17. The maximum absolute atomic E-state index is 5.61. The molecule has 0 spiro atoms. The molecule has 0 bridgehead atoms. The van der Waals surface area contributed by atoms with Crippen LogP contribution in [0.2, 0.25) is 0 Å². The standard InChI is InChI=1S/C14H19N3/c1-3-12-8-13(5-4-11(12)2)17-10-16-9-14(17)6-7-15/h4-5,8-10H,3,6-7,15H2,1-2H3. The van der Waals surface area contributed by atoms with Gasteiger partial charge in [0.25, 0.3) is 0 Å². The summed E-state index contributed by atoms with van der Waals surface area (Å²) in [6.45, 7) is 4.98. The van der Waals surface area contributed by atoms with E-state index in [-0.39, 0.29) is 0 Å². The zero-order valence-corrected chi connectivity index (χ0v) is 10.5. The van der Waals surface area contributed by atoms with Crippen LogP contribution in [0.4, 0.5) is 0 Å². The Kier molecular flexibility index (Phi) is 3.59. The second kappa shape index (κ2) is 5.15. The van der Waals surface area contributed by atoms with Gasteiger partial charge in [0.15, 0.2) is 0 Å². The Morgan fingerprint density at radius 2 is 2.18 bits per heavy atom. The third kappa shape index (κ3) is 2.39. The third-order valence-electron chi connectivity index (χ3n) is 3.11. The highest BCUT2D eigenvalue weighted by molar-refractivity contribution is 5.41. The number of aryl methyl sites for hydroxylation is 2. The van der Waals surface area contributed by atoms with E-state index in [4.69, 9.17) is 5.73 Å². The molecule has 2 rings (SSSR count). The lowest BCUT2D eigenvalue weighted by molar-refractivity contribution is 0.871. The fourth-order valence-corrected chi connectivity index (χ4v) is 2.08. The molecule has 90 valence electrons. The number of rotatable bonds is 4. The third-order valence-corrected chi connectivity index (χ3v) is 3.11. The van der Waals surface area contributed by atoms with Crippen LogP contribution in [-0.2, 0) is 12.8 Å². The Hall–Kier alpha value is -1.61. The number of nitrogens with zero attached hydrogens (tertiary/aromatic N) is 2. The first-order valence-electron chi connectivity index (χ1n) is 6.07. The van der Waals surface area contributed by atoms with Crippen molar-refractivity contribution in [3.8, 4) is 5.69 Å². The lowest BCUT2D eigenvalue weighted by atomic mass is 10.1. The number of hydrogen-bond donors (Lipinski definition) is 1. The second-order valence-corrected chi connectivity index (χ2v) is 4.26. The van der Waals surface area contributed by atoms with Gasteiger partial charge in [-0.25, -0.2) is 4.98 Å². The predicted molar refractivity (Wildman–Crippen MR) is 70.4 cm³/mol. The van der Waals surface area contributed by atoms with E-state index in [1.807, 2.05) is 12.5 Å². The first kappa shape index (κ1) is 11.9. The number of imidazole rings is 1. The Balaban J connectivity index is 2.42. The molecule has 0 amide bonds. The maximum atomic E-state index is 5.61. The molecule has 3 nitrogen and oxygen atoms in total. The highest BCUT2D eigenvalue weighted by atomic mass is 15.0. The summed E-state index contributed by atoms with van der Waals surface area (Å²) >= 11 is 0. The second-order valence-electron chi connectivity index (χ2n) is 4.26. The lowest BCUT2D eigenvalue weighted by Crippen LogP contribution is -2.07. The molecule has 3 heteroatoms. The molecule has 0 radical (unpaired) electrons. The van der Waals surface area contributed by atoms with Gasteiger partial charge in [0.05, 0.1) is 6.33 Å². The van der Waals surface area contributed by atoms with E-state index in [2.05, 4.69) is 41.6 Å². The molecule has 0 saturated carbocycles. The van der Waals surface area contributed by atoms with E-state index in [0.717, 1.165) is 12.8 Å². The molecule has 2 aromatic rings. The average Bonchev–Trinajstić information content (AvgIpc) is 2.78. The van der Waals surface area contributed by atoms with E-state index in [9.17, 15) is 0 Å². The fraction of sp³-hybridized carbons (Fsp3) is 0.357. The summed E-state index contributed by atoms with van der Waals surface area (Å²) in [5.41, 5.74) is 10.7. The molecule has 1 heterocycles. The summed E-state index contributed by atoms with van der Waals surface area (Å²) in [5.74, 6) is 0. The molecule has 1 aromatic heterocycles. The Bertz CT molecular complexity index is 500. The Morgan fingerprint density at radius 3 is 2.88 bits per heavy atom. The number of aromatic nitrogens is 2. The highest BCUT2D eigenvalue weighted by Gasteiger charge is 2.05. The van der Waals surface area contributed by atoms with Crippen molar-refractivity contribution < 1.29 is 0 Å². The fourth-order valence-electron chi connectivity index (χ4n) is 2.08.